The van der Waals surface area contributed by atoms with Crippen LogP contribution in [-0.2, 0) is 17.8 Å². The summed E-state index contributed by atoms with van der Waals surface area (Å²) in [5, 5.41) is 8.05. The molecule has 0 saturated carbocycles. The number of fused-ring (bicyclic) bond motifs is 1. The van der Waals surface area contributed by atoms with Crippen LogP contribution < -0.4 is 15.8 Å². The summed E-state index contributed by atoms with van der Waals surface area (Å²) in [6.07, 6.45) is 4.06. The van der Waals surface area contributed by atoms with E-state index in [1.165, 1.54) is 5.56 Å². The Morgan fingerprint density at radius 3 is 2.81 bits per heavy atom. The van der Waals surface area contributed by atoms with E-state index in [1.54, 1.807) is 7.11 Å². The molecular formula is C22H31N7O2. The monoisotopic (exact) mass is 425 g/mol. The van der Waals surface area contributed by atoms with Gasteiger partial charge in [-0.05, 0) is 18.1 Å². The first-order valence-corrected chi connectivity index (χ1v) is 10.9. The van der Waals surface area contributed by atoms with Crippen LogP contribution in [0.3, 0.4) is 0 Å². The van der Waals surface area contributed by atoms with Crippen molar-refractivity contribution in [3.63, 3.8) is 0 Å². The maximum atomic E-state index is 5.90. The Balaban J connectivity index is 1.53. The Morgan fingerprint density at radius 2 is 2.03 bits per heavy atom. The molecule has 9 heteroatoms. The molecule has 2 aromatic heterocycles. The van der Waals surface area contributed by atoms with Crippen molar-refractivity contribution in [2.75, 3.05) is 51.0 Å². The van der Waals surface area contributed by atoms with Gasteiger partial charge in [-0.2, -0.15) is 10.1 Å². The molecule has 1 aromatic carbocycles. The molecule has 0 radical (unpaired) electrons. The number of unbranched alkanes of at least 4 members (excludes halogenated alkanes) is 1. The number of aromatic nitrogens is 4. The number of nitrogen functional groups attached to an aromatic ring is 1. The van der Waals surface area contributed by atoms with Crippen LogP contribution in [0.4, 0.5) is 11.8 Å². The third-order valence-corrected chi connectivity index (χ3v) is 5.44. The van der Waals surface area contributed by atoms with Gasteiger partial charge in [0.15, 0.2) is 11.3 Å². The maximum Gasteiger partial charge on any atom is 0.222 e. The van der Waals surface area contributed by atoms with E-state index in [4.69, 9.17) is 20.3 Å². The highest BCUT2D eigenvalue weighted by molar-refractivity contribution is 5.85. The third-order valence-electron chi connectivity index (χ3n) is 5.44. The lowest BCUT2D eigenvalue weighted by Crippen LogP contribution is -2.35. The average Bonchev–Trinajstić information content (AvgIpc) is 3.18. The van der Waals surface area contributed by atoms with Gasteiger partial charge in [-0.1, -0.05) is 25.5 Å². The molecular weight excluding hydrogens is 394 g/mol. The number of nitrogens with one attached hydrogen (secondary N) is 1. The maximum absolute atomic E-state index is 5.90. The van der Waals surface area contributed by atoms with Gasteiger partial charge in [0.1, 0.15) is 11.3 Å². The van der Waals surface area contributed by atoms with Crippen LogP contribution in [0.15, 0.2) is 24.4 Å². The zero-order chi connectivity index (χ0) is 21.6. The van der Waals surface area contributed by atoms with Crippen molar-refractivity contribution in [3.8, 4) is 5.75 Å². The molecule has 0 unspecified atom stereocenters. The van der Waals surface area contributed by atoms with Crippen molar-refractivity contribution < 1.29 is 9.47 Å². The zero-order valence-electron chi connectivity index (χ0n) is 18.3. The summed E-state index contributed by atoms with van der Waals surface area (Å²) in [5.74, 6) is 1.79. The van der Waals surface area contributed by atoms with Gasteiger partial charge in [0, 0.05) is 31.7 Å². The average molecular weight is 426 g/mol. The van der Waals surface area contributed by atoms with Crippen molar-refractivity contribution >= 4 is 22.8 Å². The van der Waals surface area contributed by atoms with E-state index in [1.807, 2.05) is 10.9 Å². The minimum absolute atomic E-state index is 0.246. The van der Waals surface area contributed by atoms with E-state index in [2.05, 4.69) is 45.3 Å². The van der Waals surface area contributed by atoms with E-state index in [-0.39, 0.29) is 5.95 Å². The number of nitrogens with zero attached hydrogens (tertiary/aromatic N) is 5. The van der Waals surface area contributed by atoms with Crippen molar-refractivity contribution in [1.29, 1.82) is 0 Å². The summed E-state index contributed by atoms with van der Waals surface area (Å²) < 4.78 is 13.0. The number of methoxy groups -OCH3 is 1. The number of anilines is 2. The molecule has 3 aromatic rings. The number of morpholine rings is 1. The number of rotatable bonds is 9. The molecule has 1 saturated heterocycles. The predicted octanol–water partition coefficient (Wildman–Crippen LogP) is 2.51. The zero-order valence-corrected chi connectivity index (χ0v) is 18.3. The van der Waals surface area contributed by atoms with Crippen LogP contribution in [0.2, 0.25) is 0 Å². The van der Waals surface area contributed by atoms with Gasteiger partial charge in [-0.3, -0.25) is 9.58 Å². The molecule has 0 spiro atoms. The highest BCUT2D eigenvalue weighted by atomic mass is 16.5. The fourth-order valence-electron chi connectivity index (χ4n) is 3.78. The molecule has 0 atom stereocenters. The van der Waals surface area contributed by atoms with Crippen LogP contribution >= 0.6 is 0 Å². The number of ether oxygens (including phenoxy) is 2. The number of nitrogens with two attached hydrogens (primary N) is 1. The lowest BCUT2D eigenvalue weighted by Gasteiger charge is -2.26. The summed E-state index contributed by atoms with van der Waals surface area (Å²) >= 11 is 0. The van der Waals surface area contributed by atoms with Crippen LogP contribution in [0.5, 0.6) is 5.75 Å². The van der Waals surface area contributed by atoms with Crippen LogP contribution in [0, 0.1) is 0 Å². The number of benzene rings is 1. The first kappa shape index (κ1) is 21.3. The van der Waals surface area contributed by atoms with Crippen LogP contribution in [0.1, 0.15) is 30.9 Å². The molecule has 3 N–H and O–H groups in total. The Kier molecular flexibility index (Phi) is 6.83. The molecule has 3 heterocycles. The molecule has 9 nitrogen and oxygen atoms in total. The fraction of sp³-hybridized carbons (Fsp3) is 0.500. The van der Waals surface area contributed by atoms with E-state index in [0.29, 0.717) is 12.4 Å². The Hall–Kier alpha value is -2.91. The quantitative estimate of drug-likeness (QED) is 0.504. The van der Waals surface area contributed by atoms with Gasteiger partial charge in [0.25, 0.3) is 0 Å². The number of hydrogen-bond donors (Lipinski definition) is 2. The molecule has 166 valence electrons. The van der Waals surface area contributed by atoms with E-state index in [0.717, 1.165) is 74.6 Å². The van der Waals surface area contributed by atoms with Gasteiger partial charge >= 0.3 is 0 Å². The molecule has 0 amide bonds. The van der Waals surface area contributed by atoms with Crippen LogP contribution in [-0.4, -0.2) is 64.6 Å². The fourth-order valence-corrected chi connectivity index (χ4v) is 3.78. The van der Waals surface area contributed by atoms with Gasteiger partial charge in [0.2, 0.25) is 5.95 Å². The summed E-state index contributed by atoms with van der Waals surface area (Å²) in [5.41, 5.74) is 9.65. The van der Waals surface area contributed by atoms with Gasteiger partial charge in [-0.25, -0.2) is 4.98 Å². The van der Waals surface area contributed by atoms with Crippen LogP contribution in [0.25, 0.3) is 11.0 Å². The minimum Gasteiger partial charge on any atom is -0.496 e. The lowest BCUT2D eigenvalue weighted by molar-refractivity contribution is 0.0341. The summed E-state index contributed by atoms with van der Waals surface area (Å²) in [7, 11) is 1.71. The van der Waals surface area contributed by atoms with Crippen molar-refractivity contribution in [3.05, 3.63) is 35.5 Å². The largest absolute Gasteiger partial charge is 0.496 e. The Bertz CT molecular complexity index is 1010. The van der Waals surface area contributed by atoms with Gasteiger partial charge in [0.05, 0.1) is 33.1 Å². The van der Waals surface area contributed by atoms with Crippen molar-refractivity contribution in [2.45, 2.75) is 32.9 Å². The second-order valence-corrected chi connectivity index (χ2v) is 7.81. The summed E-state index contributed by atoms with van der Waals surface area (Å²) in [6.45, 7) is 7.97. The summed E-state index contributed by atoms with van der Waals surface area (Å²) in [4.78, 5) is 11.1. The Morgan fingerprint density at radius 1 is 1.19 bits per heavy atom. The van der Waals surface area contributed by atoms with Crippen molar-refractivity contribution in [2.24, 2.45) is 0 Å². The van der Waals surface area contributed by atoms with Crippen molar-refractivity contribution in [1.82, 2.24) is 24.6 Å². The highest BCUT2D eigenvalue weighted by Crippen LogP contribution is 2.24. The standard InChI is InChI=1S/C22H31N7O2/c1-3-4-7-24-21-20-18(25-22(23)26-21)15-29(27-20)14-17-6-5-16(12-19(17)30-2)13-28-8-10-31-11-9-28/h5-6,12,15H,3-4,7-11,13-14H2,1-2H3,(H3,23,24,25,26). The molecule has 1 aliphatic rings. The third kappa shape index (κ3) is 5.23. The summed E-state index contributed by atoms with van der Waals surface area (Å²) in [6, 6.07) is 6.39. The SMILES string of the molecule is CCCCNc1nc(N)nc2cn(Cc3ccc(CN4CCOCC4)cc3OC)nc12. The predicted molar refractivity (Wildman–Crippen MR) is 121 cm³/mol. The van der Waals surface area contributed by atoms with Gasteiger partial charge < -0.3 is 20.5 Å². The molecule has 0 aliphatic carbocycles. The molecule has 1 aliphatic heterocycles. The topological polar surface area (TPSA) is 103 Å². The Labute approximate surface area is 182 Å². The second kappa shape index (κ2) is 9.93. The molecule has 4 rings (SSSR count). The molecule has 1 fully saturated rings. The highest BCUT2D eigenvalue weighted by Gasteiger charge is 2.14. The second-order valence-electron chi connectivity index (χ2n) is 7.81. The van der Waals surface area contributed by atoms with E-state index < -0.39 is 0 Å². The normalized spacial score (nSPS) is 14.8. The minimum atomic E-state index is 0.246. The van der Waals surface area contributed by atoms with E-state index >= 15 is 0 Å². The first-order chi connectivity index (χ1) is 15.2. The molecule has 0 bridgehead atoms. The van der Waals surface area contributed by atoms with Gasteiger partial charge in [-0.15, -0.1) is 0 Å². The number of hydrogen-bond acceptors (Lipinski definition) is 8. The smallest absolute Gasteiger partial charge is 0.222 e. The first-order valence-electron chi connectivity index (χ1n) is 10.9. The van der Waals surface area contributed by atoms with E-state index in [9.17, 15) is 0 Å². The lowest BCUT2D eigenvalue weighted by atomic mass is 10.1. The molecule has 31 heavy (non-hydrogen) atoms.